The van der Waals surface area contributed by atoms with Crippen LogP contribution in [0.3, 0.4) is 0 Å². The van der Waals surface area contributed by atoms with Crippen LogP contribution in [0.2, 0.25) is 0 Å². The van der Waals surface area contributed by atoms with Crippen molar-refractivity contribution in [3.05, 3.63) is 21.4 Å². The van der Waals surface area contributed by atoms with E-state index in [-0.39, 0.29) is 0 Å². The van der Waals surface area contributed by atoms with Crippen LogP contribution in [0.1, 0.15) is 43.0 Å². The lowest BCUT2D eigenvalue weighted by Gasteiger charge is -2.39. The van der Waals surface area contributed by atoms with Crippen LogP contribution in [0.5, 0.6) is 0 Å². The van der Waals surface area contributed by atoms with Crippen LogP contribution in [0.25, 0.3) is 0 Å². The second-order valence-electron chi connectivity index (χ2n) is 6.54. The summed E-state index contributed by atoms with van der Waals surface area (Å²) in [4.78, 5) is 8.15. The lowest BCUT2D eigenvalue weighted by atomic mass is 10.1. The molecule has 1 fully saturated rings. The summed E-state index contributed by atoms with van der Waals surface area (Å²) < 4.78 is 0. The summed E-state index contributed by atoms with van der Waals surface area (Å²) in [5.41, 5.74) is 1.53. The van der Waals surface area contributed by atoms with Gasteiger partial charge in [0.25, 0.3) is 0 Å². The van der Waals surface area contributed by atoms with Gasteiger partial charge in [0.2, 0.25) is 0 Å². The number of aryl methyl sites for hydroxylation is 1. The number of piperazine rings is 1. The molecule has 1 aromatic heterocycles. The van der Waals surface area contributed by atoms with Gasteiger partial charge in [-0.1, -0.05) is 20.8 Å². The van der Waals surface area contributed by atoms with Crippen LogP contribution >= 0.6 is 11.3 Å². The highest BCUT2D eigenvalue weighted by molar-refractivity contribution is 7.12. The van der Waals surface area contributed by atoms with E-state index in [9.17, 15) is 0 Å². The molecule has 0 aromatic carbocycles. The minimum Gasteiger partial charge on any atom is -0.310 e. The highest BCUT2D eigenvalue weighted by Crippen LogP contribution is 2.24. The Hall–Kier alpha value is -0.420. The number of likely N-dealkylation sites (N-methyl/N-ethyl adjacent to an activating group) is 1. The van der Waals surface area contributed by atoms with Crippen LogP contribution in [0.15, 0.2) is 6.07 Å². The van der Waals surface area contributed by atoms with Gasteiger partial charge in [0.15, 0.2) is 0 Å². The third-order valence-electron chi connectivity index (χ3n) is 4.41. The molecule has 21 heavy (non-hydrogen) atoms. The van der Waals surface area contributed by atoms with Gasteiger partial charge in [0, 0.05) is 54.6 Å². The molecule has 0 saturated carbocycles. The van der Waals surface area contributed by atoms with Gasteiger partial charge in [0.05, 0.1) is 0 Å². The number of thiophene rings is 1. The average Bonchev–Trinajstić information content (AvgIpc) is 2.77. The van der Waals surface area contributed by atoms with Crippen molar-refractivity contribution >= 4 is 11.3 Å². The first-order valence-electron chi connectivity index (χ1n) is 8.27. The number of nitrogens with zero attached hydrogens (tertiary/aromatic N) is 2. The summed E-state index contributed by atoms with van der Waals surface area (Å²) in [6, 6.07) is 3.65. The largest absolute Gasteiger partial charge is 0.310 e. The van der Waals surface area contributed by atoms with E-state index in [2.05, 4.69) is 55.8 Å². The summed E-state index contributed by atoms with van der Waals surface area (Å²) in [5.74, 6) is 0. The Morgan fingerprint density at radius 2 is 2.14 bits per heavy atom. The Balaban J connectivity index is 1.91. The second-order valence-corrected chi connectivity index (χ2v) is 7.88. The zero-order valence-electron chi connectivity index (χ0n) is 14.3. The summed E-state index contributed by atoms with van der Waals surface area (Å²) >= 11 is 1.95. The van der Waals surface area contributed by atoms with Gasteiger partial charge in [-0.2, -0.15) is 0 Å². The molecule has 1 N–H and O–H groups in total. The molecule has 1 atom stereocenters. The van der Waals surface area contributed by atoms with Gasteiger partial charge < -0.3 is 5.32 Å². The lowest BCUT2D eigenvalue weighted by molar-refractivity contribution is 0.0834. The van der Waals surface area contributed by atoms with Gasteiger partial charge in [-0.05, 0) is 32.0 Å². The maximum absolute atomic E-state index is 3.52. The highest BCUT2D eigenvalue weighted by Gasteiger charge is 2.22. The van der Waals surface area contributed by atoms with Crippen molar-refractivity contribution in [3.63, 3.8) is 0 Å². The van der Waals surface area contributed by atoms with Gasteiger partial charge in [-0.15, -0.1) is 11.3 Å². The maximum Gasteiger partial charge on any atom is 0.0302 e. The highest BCUT2D eigenvalue weighted by atomic mass is 32.1. The molecule has 0 spiro atoms. The monoisotopic (exact) mass is 309 g/mol. The normalized spacial score (nSPS) is 21.3. The molecule has 1 saturated heterocycles. The van der Waals surface area contributed by atoms with Crippen molar-refractivity contribution in [1.29, 1.82) is 0 Å². The number of hydrogen-bond donors (Lipinski definition) is 1. The Morgan fingerprint density at radius 1 is 1.38 bits per heavy atom. The summed E-state index contributed by atoms with van der Waals surface area (Å²) in [6.45, 7) is 18.2. The number of rotatable bonds is 6. The molecule has 2 heterocycles. The third kappa shape index (κ3) is 4.78. The molecule has 4 heteroatoms. The first kappa shape index (κ1) is 16.9. The first-order chi connectivity index (χ1) is 9.99. The van der Waals surface area contributed by atoms with E-state index in [4.69, 9.17) is 0 Å². The SMILES string of the molecule is CCN1CCN(Cc2cc(CNC(C)C)sc2C)CC1C. The number of nitrogens with one attached hydrogen (secondary N) is 1. The standard InChI is InChI=1S/C17H31N3S/c1-6-20-8-7-19(11-14(20)4)12-16-9-17(21-15(16)5)10-18-13(2)3/h9,13-14,18H,6-8,10-12H2,1-5H3. The van der Waals surface area contributed by atoms with Crippen LogP contribution in [-0.2, 0) is 13.1 Å². The molecular formula is C17H31N3S. The van der Waals surface area contributed by atoms with Crippen LogP contribution < -0.4 is 5.32 Å². The first-order valence-corrected chi connectivity index (χ1v) is 9.09. The quantitative estimate of drug-likeness (QED) is 0.871. The van der Waals surface area contributed by atoms with E-state index in [0.717, 1.165) is 13.1 Å². The van der Waals surface area contributed by atoms with E-state index < -0.39 is 0 Å². The predicted octanol–water partition coefficient (Wildman–Crippen LogP) is 3.08. The van der Waals surface area contributed by atoms with Crippen molar-refractivity contribution in [2.45, 2.75) is 59.8 Å². The van der Waals surface area contributed by atoms with Crippen LogP contribution in [0, 0.1) is 6.92 Å². The Bertz CT molecular complexity index is 441. The molecule has 1 unspecified atom stereocenters. The maximum atomic E-state index is 3.52. The van der Waals surface area contributed by atoms with E-state index in [1.165, 1.54) is 41.5 Å². The fourth-order valence-electron chi connectivity index (χ4n) is 3.06. The van der Waals surface area contributed by atoms with E-state index in [0.29, 0.717) is 12.1 Å². The molecule has 3 nitrogen and oxygen atoms in total. The van der Waals surface area contributed by atoms with Crippen molar-refractivity contribution in [3.8, 4) is 0 Å². The molecule has 1 aliphatic rings. The predicted molar refractivity (Wildman–Crippen MR) is 93.0 cm³/mol. The zero-order chi connectivity index (χ0) is 15.4. The second kappa shape index (κ2) is 7.73. The molecule has 1 aliphatic heterocycles. The smallest absolute Gasteiger partial charge is 0.0302 e. The molecule has 2 rings (SSSR count). The van der Waals surface area contributed by atoms with Crippen molar-refractivity contribution in [1.82, 2.24) is 15.1 Å². The van der Waals surface area contributed by atoms with E-state index >= 15 is 0 Å². The fourth-order valence-corrected chi connectivity index (χ4v) is 4.07. The van der Waals surface area contributed by atoms with E-state index in [1.807, 2.05) is 11.3 Å². The molecule has 0 radical (unpaired) electrons. The van der Waals surface area contributed by atoms with Gasteiger partial charge in [-0.3, -0.25) is 9.80 Å². The lowest BCUT2D eigenvalue weighted by Crippen LogP contribution is -2.51. The zero-order valence-corrected chi connectivity index (χ0v) is 15.1. The van der Waals surface area contributed by atoms with Crippen LogP contribution in [0.4, 0.5) is 0 Å². The van der Waals surface area contributed by atoms with Gasteiger partial charge in [-0.25, -0.2) is 0 Å². The van der Waals surface area contributed by atoms with Crippen molar-refractivity contribution < 1.29 is 0 Å². The summed E-state index contributed by atoms with van der Waals surface area (Å²) in [5, 5.41) is 3.52. The topological polar surface area (TPSA) is 18.5 Å². The third-order valence-corrected chi connectivity index (χ3v) is 5.50. The molecule has 0 amide bonds. The average molecular weight is 310 g/mol. The van der Waals surface area contributed by atoms with Crippen molar-refractivity contribution in [2.24, 2.45) is 0 Å². The minimum absolute atomic E-state index is 0.554. The fraction of sp³-hybridized carbons (Fsp3) is 0.765. The Labute approximate surface area is 134 Å². The summed E-state index contributed by atoms with van der Waals surface area (Å²) in [6.07, 6.45) is 0. The molecule has 0 bridgehead atoms. The summed E-state index contributed by atoms with van der Waals surface area (Å²) in [7, 11) is 0. The number of hydrogen-bond acceptors (Lipinski definition) is 4. The van der Waals surface area contributed by atoms with Crippen LogP contribution in [-0.4, -0.2) is 48.1 Å². The molecule has 1 aromatic rings. The molecule has 120 valence electrons. The van der Waals surface area contributed by atoms with E-state index in [1.54, 1.807) is 0 Å². The van der Waals surface area contributed by atoms with Gasteiger partial charge in [0.1, 0.15) is 0 Å². The van der Waals surface area contributed by atoms with Crippen molar-refractivity contribution in [2.75, 3.05) is 26.2 Å². The minimum atomic E-state index is 0.554. The van der Waals surface area contributed by atoms with Gasteiger partial charge >= 0.3 is 0 Å². The Kier molecular flexibility index (Phi) is 6.23. The molecular weight excluding hydrogens is 278 g/mol. The molecule has 0 aliphatic carbocycles. The Morgan fingerprint density at radius 3 is 2.76 bits per heavy atom.